The average Bonchev–Trinajstić information content (AvgIpc) is 2.91. The number of sulfonamides is 1. The van der Waals surface area contributed by atoms with E-state index in [4.69, 9.17) is 0 Å². The number of pyridine rings is 1. The molecule has 0 fully saturated rings. The first kappa shape index (κ1) is 17.2. The van der Waals surface area contributed by atoms with Gasteiger partial charge < -0.3 is 5.32 Å². The number of carbonyl (C=O) groups is 1. The number of hydrogen-bond acceptors (Lipinski definition) is 5. The van der Waals surface area contributed by atoms with Gasteiger partial charge in [0.05, 0.1) is 16.9 Å². The normalized spacial score (nSPS) is 14.1. The first-order chi connectivity index (χ1) is 11.6. The molecule has 0 unspecified atom stereocenters. The van der Waals surface area contributed by atoms with Crippen molar-refractivity contribution in [3.63, 3.8) is 0 Å². The molecular formula is C14H11F3N4O3S. The zero-order valence-corrected chi connectivity index (χ0v) is 13.2. The van der Waals surface area contributed by atoms with E-state index in [-0.39, 0.29) is 23.0 Å². The van der Waals surface area contributed by atoms with Crippen LogP contribution in [0.15, 0.2) is 41.4 Å². The molecule has 0 radical (unpaired) electrons. The molecule has 0 atom stereocenters. The topological polar surface area (TPSA) is 100 Å². The molecule has 1 amide bonds. The number of hydrazine groups is 1. The molecule has 11 heteroatoms. The Balaban J connectivity index is 1.72. The minimum absolute atomic E-state index is 0.0760. The van der Waals surface area contributed by atoms with E-state index in [1.54, 1.807) is 0 Å². The van der Waals surface area contributed by atoms with E-state index >= 15 is 0 Å². The molecule has 0 aliphatic carbocycles. The molecule has 2 aromatic rings. The lowest BCUT2D eigenvalue weighted by molar-refractivity contribution is -0.137. The van der Waals surface area contributed by atoms with Crippen LogP contribution in [0.4, 0.5) is 24.7 Å². The number of nitrogens with one attached hydrogen (secondary N) is 3. The highest BCUT2D eigenvalue weighted by Gasteiger charge is 2.30. The van der Waals surface area contributed by atoms with Crippen LogP contribution >= 0.6 is 0 Å². The molecule has 1 aromatic heterocycles. The minimum atomic E-state index is -4.53. The Morgan fingerprint density at radius 3 is 2.56 bits per heavy atom. The maximum absolute atomic E-state index is 12.5. The van der Waals surface area contributed by atoms with Crippen LogP contribution in [0.3, 0.4) is 0 Å². The lowest BCUT2D eigenvalue weighted by atomic mass is 10.2. The van der Waals surface area contributed by atoms with Crippen molar-refractivity contribution in [3.8, 4) is 0 Å². The summed E-state index contributed by atoms with van der Waals surface area (Å²) in [5.74, 6) is -0.334. The highest BCUT2D eigenvalue weighted by atomic mass is 32.2. The van der Waals surface area contributed by atoms with E-state index in [0.29, 0.717) is 17.4 Å². The largest absolute Gasteiger partial charge is 0.417 e. The Hall–Kier alpha value is -2.66. The van der Waals surface area contributed by atoms with Crippen molar-refractivity contribution in [3.05, 3.63) is 47.7 Å². The summed E-state index contributed by atoms with van der Waals surface area (Å²) >= 11 is 0. The van der Waals surface area contributed by atoms with Gasteiger partial charge in [-0.1, -0.05) is 0 Å². The number of alkyl halides is 3. The van der Waals surface area contributed by atoms with Gasteiger partial charge in [0, 0.05) is 11.9 Å². The number of fused-ring (bicyclic) bond motifs is 1. The molecule has 1 aromatic carbocycles. The Kier molecular flexibility index (Phi) is 4.13. The van der Waals surface area contributed by atoms with Crippen molar-refractivity contribution < 1.29 is 26.4 Å². The van der Waals surface area contributed by atoms with Gasteiger partial charge >= 0.3 is 6.18 Å². The number of nitrogens with zero attached hydrogens (tertiary/aromatic N) is 1. The fraction of sp³-hybridized carbons (Fsp3) is 0.143. The molecule has 3 rings (SSSR count). The van der Waals surface area contributed by atoms with Gasteiger partial charge in [0.15, 0.2) is 0 Å². The highest BCUT2D eigenvalue weighted by Crippen LogP contribution is 2.29. The average molecular weight is 372 g/mol. The van der Waals surface area contributed by atoms with Crippen molar-refractivity contribution in [1.29, 1.82) is 0 Å². The lowest BCUT2D eigenvalue weighted by Crippen LogP contribution is -2.30. The molecule has 1 aliphatic rings. The van der Waals surface area contributed by atoms with Crippen molar-refractivity contribution in [2.24, 2.45) is 0 Å². The third kappa shape index (κ3) is 3.72. The molecule has 1 aliphatic heterocycles. The van der Waals surface area contributed by atoms with Crippen LogP contribution < -0.4 is 15.6 Å². The monoisotopic (exact) mass is 372 g/mol. The molecular weight excluding hydrogens is 361 g/mol. The van der Waals surface area contributed by atoms with Crippen LogP contribution in [-0.4, -0.2) is 19.3 Å². The van der Waals surface area contributed by atoms with Crippen LogP contribution in [0, 0.1) is 0 Å². The quantitative estimate of drug-likeness (QED) is 0.712. The molecule has 132 valence electrons. The third-order valence-corrected chi connectivity index (χ3v) is 4.66. The van der Waals surface area contributed by atoms with Gasteiger partial charge in [0.2, 0.25) is 5.91 Å². The molecule has 2 heterocycles. The molecule has 0 saturated carbocycles. The van der Waals surface area contributed by atoms with E-state index in [2.05, 4.69) is 15.7 Å². The van der Waals surface area contributed by atoms with E-state index in [1.807, 2.05) is 4.83 Å². The van der Waals surface area contributed by atoms with Crippen molar-refractivity contribution in [2.45, 2.75) is 17.5 Å². The van der Waals surface area contributed by atoms with Gasteiger partial charge in [0.1, 0.15) is 5.82 Å². The Morgan fingerprint density at radius 2 is 1.92 bits per heavy atom. The summed E-state index contributed by atoms with van der Waals surface area (Å²) in [4.78, 5) is 16.7. The second kappa shape index (κ2) is 6.01. The fourth-order valence-corrected chi connectivity index (χ4v) is 3.09. The summed E-state index contributed by atoms with van der Waals surface area (Å²) < 4.78 is 61.8. The highest BCUT2D eigenvalue weighted by molar-refractivity contribution is 7.89. The van der Waals surface area contributed by atoms with E-state index in [0.717, 1.165) is 12.1 Å². The Bertz CT molecular complexity index is 927. The summed E-state index contributed by atoms with van der Waals surface area (Å²) in [5.41, 5.74) is 2.38. The number of halogens is 3. The van der Waals surface area contributed by atoms with E-state index in [9.17, 15) is 26.4 Å². The van der Waals surface area contributed by atoms with Gasteiger partial charge in [-0.3, -0.25) is 10.2 Å². The van der Waals surface area contributed by atoms with Crippen LogP contribution in [0.2, 0.25) is 0 Å². The molecule has 0 bridgehead atoms. The van der Waals surface area contributed by atoms with E-state index in [1.165, 1.54) is 18.2 Å². The molecule has 25 heavy (non-hydrogen) atoms. The fourth-order valence-electron chi connectivity index (χ4n) is 2.19. The minimum Gasteiger partial charge on any atom is -0.326 e. The number of carbonyl (C=O) groups excluding carboxylic acids is 1. The second-order valence-corrected chi connectivity index (χ2v) is 6.89. The van der Waals surface area contributed by atoms with Crippen molar-refractivity contribution in [2.75, 3.05) is 10.7 Å². The van der Waals surface area contributed by atoms with Gasteiger partial charge in [-0.15, -0.1) is 4.83 Å². The molecule has 7 nitrogen and oxygen atoms in total. The SMILES string of the molecule is O=C1Cc2cc(S(=O)(=O)NNc3ccc(C(F)(F)F)cn3)ccc2N1. The summed E-state index contributed by atoms with van der Waals surface area (Å²) in [5, 5.41) is 2.58. The maximum atomic E-state index is 12.5. The first-order valence-electron chi connectivity index (χ1n) is 6.89. The van der Waals surface area contributed by atoms with Crippen molar-refractivity contribution in [1.82, 2.24) is 9.82 Å². The van der Waals surface area contributed by atoms with E-state index < -0.39 is 21.8 Å². The predicted molar refractivity (Wildman–Crippen MR) is 82.0 cm³/mol. The zero-order valence-electron chi connectivity index (χ0n) is 12.4. The Morgan fingerprint density at radius 1 is 1.16 bits per heavy atom. The first-order valence-corrected chi connectivity index (χ1v) is 8.37. The molecule has 3 N–H and O–H groups in total. The smallest absolute Gasteiger partial charge is 0.326 e. The standard InChI is InChI=1S/C14H11F3N4O3S/c15-14(16,17)9-1-4-12(18-7-9)20-21-25(23,24)10-2-3-11-8(5-10)6-13(22)19-11/h1-5,7,21H,6H2,(H,18,20)(H,19,22). The number of rotatable bonds is 4. The van der Waals surface area contributed by atoms with Crippen LogP contribution in [0.5, 0.6) is 0 Å². The Labute approximate surface area is 140 Å². The number of benzene rings is 1. The van der Waals surface area contributed by atoms with Crippen LogP contribution in [0.25, 0.3) is 0 Å². The number of anilines is 2. The van der Waals surface area contributed by atoms with Gasteiger partial charge in [-0.25, -0.2) is 13.4 Å². The van der Waals surface area contributed by atoms with Gasteiger partial charge in [-0.05, 0) is 35.9 Å². The van der Waals surface area contributed by atoms with Gasteiger partial charge in [-0.2, -0.15) is 13.2 Å². The number of amides is 1. The summed E-state index contributed by atoms with van der Waals surface area (Å²) in [6.45, 7) is 0. The lowest BCUT2D eigenvalue weighted by Gasteiger charge is -2.11. The molecule has 0 spiro atoms. The van der Waals surface area contributed by atoms with Crippen molar-refractivity contribution >= 4 is 27.4 Å². The summed E-state index contributed by atoms with van der Waals surface area (Å²) in [6.07, 6.45) is -3.86. The summed E-state index contributed by atoms with van der Waals surface area (Å²) in [6, 6.07) is 5.88. The maximum Gasteiger partial charge on any atom is 0.417 e. The zero-order chi connectivity index (χ0) is 18.2. The molecule has 0 saturated heterocycles. The number of aromatic nitrogens is 1. The third-order valence-electron chi connectivity index (χ3n) is 3.42. The van der Waals surface area contributed by atoms with Gasteiger partial charge in [0.25, 0.3) is 10.0 Å². The second-order valence-electron chi connectivity index (χ2n) is 5.20. The predicted octanol–water partition coefficient (Wildman–Crippen LogP) is 1.90. The van der Waals surface area contributed by atoms with Crippen LogP contribution in [0.1, 0.15) is 11.1 Å². The summed E-state index contributed by atoms with van der Waals surface area (Å²) in [7, 11) is -4.00. The van der Waals surface area contributed by atoms with Crippen LogP contribution in [-0.2, 0) is 27.4 Å². The number of hydrogen-bond donors (Lipinski definition) is 3.